The van der Waals surface area contributed by atoms with Crippen LogP contribution in [-0.4, -0.2) is 34.8 Å². The lowest BCUT2D eigenvalue weighted by Crippen LogP contribution is -2.50. The number of carbonyl (C=O) groups excluding carboxylic acids is 1. The fourth-order valence-electron chi connectivity index (χ4n) is 3.25. The molecule has 148 valence electrons. The van der Waals surface area contributed by atoms with E-state index >= 15 is 0 Å². The number of nitrogens with zero attached hydrogens (tertiary/aromatic N) is 2. The molecule has 0 bridgehead atoms. The Balaban J connectivity index is 1.69. The van der Waals surface area contributed by atoms with Crippen molar-refractivity contribution in [3.8, 4) is 0 Å². The molecule has 1 aliphatic heterocycles. The van der Waals surface area contributed by atoms with Crippen molar-refractivity contribution in [1.82, 2.24) is 10.2 Å². The van der Waals surface area contributed by atoms with Gasteiger partial charge >= 0.3 is 6.03 Å². The van der Waals surface area contributed by atoms with Gasteiger partial charge in [-0.15, -0.1) is 0 Å². The smallest absolute Gasteiger partial charge is 0.318 e. The van der Waals surface area contributed by atoms with Gasteiger partial charge in [-0.3, -0.25) is 0 Å². The minimum atomic E-state index is -0.300. The molecule has 1 aliphatic rings. The van der Waals surface area contributed by atoms with Crippen molar-refractivity contribution in [3.05, 3.63) is 71.3 Å². The zero-order valence-corrected chi connectivity index (χ0v) is 17.1. The molecule has 0 saturated heterocycles. The first kappa shape index (κ1) is 19.9. The summed E-state index contributed by atoms with van der Waals surface area (Å²) >= 11 is 0. The van der Waals surface area contributed by atoms with E-state index in [1.54, 1.807) is 0 Å². The summed E-state index contributed by atoms with van der Waals surface area (Å²) < 4.78 is 0. The fraction of sp³-hybridized carbons (Fsp3) is 0.391. The van der Waals surface area contributed by atoms with E-state index in [9.17, 15) is 4.79 Å². The second-order valence-corrected chi connectivity index (χ2v) is 8.33. The van der Waals surface area contributed by atoms with E-state index < -0.39 is 0 Å². The van der Waals surface area contributed by atoms with E-state index in [0.717, 1.165) is 16.8 Å². The van der Waals surface area contributed by atoms with Gasteiger partial charge in [-0.2, -0.15) is 0 Å². The summed E-state index contributed by atoms with van der Waals surface area (Å²) in [5.41, 5.74) is 4.02. The van der Waals surface area contributed by atoms with Gasteiger partial charge in [0.2, 0.25) is 0 Å². The molecule has 0 spiro atoms. The molecular weight excluding hydrogens is 350 g/mol. The molecule has 0 aliphatic carbocycles. The van der Waals surface area contributed by atoms with Crippen molar-refractivity contribution >= 4 is 11.7 Å². The molecule has 1 N–H and O–H groups in total. The summed E-state index contributed by atoms with van der Waals surface area (Å²) in [7, 11) is 0. The van der Waals surface area contributed by atoms with Gasteiger partial charge in [-0.1, -0.05) is 59.8 Å². The number of aryl methyl sites for hydroxylation is 1. The summed E-state index contributed by atoms with van der Waals surface area (Å²) in [5.74, 6) is 0. The highest BCUT2D eigenvalue weighted by molar-refractivity contribution is 6.02. The molecule has 0 saturated carbocycles. The fourth-order valence-corrected chi connectivity index (χ4v) is 3.25. The molecule has 2 aromatic rings. The molecule has 5 heteroatoms. The molecular formula is C23H29N3O2. The summed E-state index contributed by atoms with van der Waals surface area (Å²) in [6.07, 6.45) is 0.544. The molecule has 28 heavy (non-hydrogen) atoms. The lowest BCUT2D eigenvalue weighted by Gasteiger charge is -2.29. The Labute approximate surface area is 167 Å². The van der Waals surface area contributed by atoms with Crippen molar-refractivity contribution in [2.45, 2.75) is 52.3 Å². The van der Waals surface area contributed by atoms with Gasteiger partial charge in [0, 0.05) is 24.1 Å². The molecule has 0 radical (unpaired) electrons. The third kappa shape index (κ3) is 5.35. The number of oxime groups is 1. The highest BCUT2D eigenvalue weighted by Crippen LogP contribution is 2.21. The van der Waals surface area contributed by atoms with Gasteiger partial charge in [0.05, 0.1) is 12.3 Å². The first-order chi connectivity index (χ1) is 13.3. The quantitative estimate of drug-likeness (QED) is 0.832. The van der Waals surface area contributed by atoms with Crippen molar-refractivity contribution in [2.75, 3.05) is 6.54 Å². The molecule has 1 atom stereocenters. The van der Waals surface area contributed by atoms with E-state index in [-0.39, 0.29) is 17.7 Å². The van der Waals surface area contributed by atoms with Crippen LogP contribution in [0.15, 0.2) is 59.8 Å². The SMILES string of the molecule is Cc1ccccc1C1=NO[C@@H](CN(Cc2ccccc2)C(=O)NC(C)(C)C)C1. The first-order valence-electron chi connectivity index (χ1n) is 9.71. The van der Waals surface area contributed by atoms with Crippen LogP contribution in [0.5, 0.6) is 0 Å². The van der Waals surface area contributed by atoms with Gasteiger partial charge in [-0.25, -0.2) is 4.79 Å². The Morgan fingerprint density at radius 1 is 1.14 bits per heavy atom. The van der Waals surface area contributed by atoms with E-state index in [1.165, 1.54) is 5.56 Å². The predicted molar refractivity (Wildman–Crippen MR) is 112 cm³/mol. The maximum absolute atomic E-state index is 12.9. The van der Waals surface area contributed by atoms with Crippen LogP contribution in [0.2, 0.25) is 0 Å². The maximum Gasteiger partial charge on any atom is 0.318 e. The third-order valence-corrected chi connectivity index (χ3v) is 4.60. The van der Waals surface area contributed by atoms with Crippen LogP contribution in [0, 0.1) is 6.92 Å². The van der Waals surface area contributed by atoms with Crippen molar-refractivity contribution in [2.24, 2.45) is 5.16 Å². The number of benzene rings is 2. The zero-order valence-electron chi connectivity index (χ0n) is 17.1. The summed E-state index contributed by atoms with van der Waals surface area (Å²) in [4.78, 5) is 20.4. The number of urea groups is 1. The molecule has 2 aromatic carbocycles. The minimum Gasteiger partial charge on any atom is -0.390 e. The Kier molecular flexibility index (Phi) is 6.02. The third-order valence-electron chi connectivity index (χ3n) is 4.60. The average Bonchev–Trinajstić information content (AvgIpc) is 3.09. The summed E-state index contributed by atoms with van der Waals surface area (Å²) in [6, 6.07) is 18.1. The number of amides is 2. The average molecular weight is 380 g/mol. The first-order valence-corrected chi connectivity index (χ1v) is 9.71. The number of nitrogens with one attached hydrogen (secondary N) is 1. The lowest BCUT2D eigenvalue weighted by atomic mass is 10.0. The highest BCUT2D eigenvalue weighted by Gasteiger charge is 2.28. The number of hydrogen-bond donors (Lipinski definition) is 1. The number of carbonyl (C=O) groups is 1. The lowest BCUT2D eigenvalue weighted by molar-refractivity contribution is 0.0580. The normalized spacial score (nSPS) is 16.3. The van der Waals surface area contributed by atoms with Crippen molar-refractivity contribution < 1.29 is 9.63 Å². The van der Waals surface area contributed by atoms with Gasteiger partial charge in [0.25, 0.3) is 0 Å². The molecule has 0 unspecified atom stereocenters. The molecule has 0 fully saturated rings. The van der Waals surface area contributed by atoms with E-state index in [1.807, 2.05) is 68.1 Å². The number of rotatable bonds is 5. The molecule has 3 rings (SSSR count). The standard InChI is InChI=1S/C23H29N3O2/c1-17-10-8-9-13-20(17)21-14-19(28-25-21)16-26(22(27)24-23(2,3)4)15-18-11-6-5-7-12-18/h5-13,19H,14-16H2,1-4H3,(H,24,27)/t19-/m1/s1. The second-order valence-electron chi connectivity index (χ2n) is 8.33. The Hall–Kier alpha value is -2.82. The van der Waals surface area contributed by atoms with Crippen LogP contribution >= 0.6 is 0 Å². The Morgan fingerprint density at radius 3 is 2.50 bits per heavy atom. The van der Waals surface area contributed by atoms with Crippen molar-refractivity contribution in [3.63, 3.8) is 0 Å². The van der Waals surface area contributed by atoms with Crippen LogP contribution in [0.25, 0.3) is 0 Å². The van der Waals surface area contributed by atoms with Gasteiger partial charge in [0.15, 0.2) is 6.10 Å². The monoisotopic (exact) mass is 379 g/mol. The summed E-state index contributed by atoms with van der Waals surface area (Å²) in [5, 5.41) is 7.36. The van der Waals surface area contributed by atoms with Crippen LogP contribution in [0.4, 0.5) is 4.79 Å². The topological polar surface area (TPSA) is 53.9 Å². The van der Waals surface area contributed by atoms with Crippen LogP contribution < -0.4 is 5.32 Å². The highest BCUT2D eigenvalue weighted by atomic mass is 16.6. The van der Waals surface area contributed by atoms with Gasteiger partial charge in [0.1, 0.15) is 0 Å². The van der Waals surface area contributed by atoms with Gasteiger partial charge in [-0.05, 0) is 38.8 Å². The molecule has 2 amide bonds. The maximum atomic E-state index is 12.9. The Bertz CT molecular complexity index is 840. The second kappa shape index (κ2) is 8.46. The zero-order chi connectivity index (χ0) is 20.1. The largest absolute Gasteiger partial charge is 0.390 e. The van der Waals surface area contributed by atoms with E-state index in [4.69, 9.17) is 4.84 Å². The molecule has 5 nitrogen and oxygen atoms in total. The summed E-state index contributed by atoms with van der Waals surface area (Å²) in [6.45, 7) is 9.03. The predicted octanol–water partition coefficient (Wildman–Crippen LogP) is 4.50. The van der Waals surface area contributed by atoms with Crippen LogP contribution in [0.3, 0.4) is 0 Å². The molecule has 1 heterocycles. The van der Waals surface area contributed by atoms with Gasteiger partial charge < -0.3 is 15.1 Å². The van der Waals surface area contributed by atoms with Crippen LogP contribution in [0.1, 0.15) is 43.9 Å². The van der Waals surface area contributed by atoms with E-state index in [0.29, 0.717) is 19.5 Å². The molecule has 0 aromatic heterocycles. The van der Waals surface area contributed by atoms with Crippen molar-refractivity contribution in [1.29, 1.82) is 0 Å². The Morgan fingerprint density at radius 2 is 1.82 bits per heavy atom. The number of hydrogen-bond acceptors (Lipinski definition) is 3. The minimum absolute atomic E-state index is 0.0932. The van der Waals surface area contributed by atoms with E-state index in [2.05, 4.69) is 29.5 Å². The van der Waals surface area contributed by atoms with Crippen LogP contribution in [-0.2, 0) is 11.4 Å².